The standard InChI is InChI=1S/C16H21F3N2O2.C6H5Cl/c1-15(2,3)20-14(22)21-8-12(9-21)23-10-11-6-4-5-7-13(11)16(17,18)19;7-6-4-2-1-3-5-6/h4-7,12H,8-10H2,1-3H3,(H,20,22);1-5H. The Morgan fingerprint density at radius 3 is 2.13 bits per heavy atom. The molecule has 2 amide bonds. The molecule has 0 atom stereocenters. The molecule has 1 saturated heterocycles. The Morgan fingerprint density at radius 2 is 1.63 bits per heavy atom. The van der Waals surface area contributed by atoms with Crippen molar-refractivity contribution in [1.29, 1.82) is 0 Å². The van der Waals surface area contributed by atoms with Crippen LogP contribution in [-0.4, -0.2) is 35.7 Å². The van der Waals surface area contributed by atoms with Crippen molar-refractivity contribution in [3.05, 3.63) is 70.7 Å². The lowest BCUT2D eigenvalue weighted by atomic mass is 10.1. The number of carbonyl (C=O) groups excluding carboxylic acids is 1. The molecule has 0 bridgehead atoms. The van der Waals surface area contributed by atoms with Crippen LogP contribution < -0.4 is 5.32 Å². The highest BCUT2D eigenvalue weighted by Gasteiger charge is 2.35. The average molecular weight is 443 g/mol. The van der Waals surface area contributed by atoms with Crippen LogP contribution in [0.15, 0.2) is 54.6 Å². The molecule has 1 fully saturated rings. The van der Waals surface area contributed by atoms with Crippen LogP contribution in [0.5, 0.6) is 0 Å². The Morgan fingerprint density at radius 1 is 1.07 bits per heavy atom. The van der Waals surface area contributed by atoms with Crippen LogP contribution in [0.25, 0.3) is 0 Å². The van der Waals surface area contributed by atoms with E-state index in [2.05, 4.69) is 5.32 Å². The molecule has 1 N–H and O–H groups in total. The van der Waals surface area contributed by atoms with E-state index in [1.807, 2.05) is 51.1 Å². The minimum Gasteiger partial charge on any atom is -0.370 e. The summed E-state index contributed by atoms with van der Waals surface area (Å²) in [5.41, 5.74) is -0.895. The molecule has 1 heterocycles. The van der Waals surface area contributed by atoms with Gasteiger partial charge in [0.25, 0.3) is 0 Å². The van der Waals surface area contributed by atoms with E-state index in [0.717, 1.165) is 11.1 Å². The van der Waals surface area contributed by atoms with Crippen LogP contribution in [-0.2, 0) is 17.5 Å². The van der Waals surface area contributed by atoms with Gasteiger partial charge in [0.15, 0.2) is 0 Å². The highest BCUT2D eigenvalue weighted by Crippen LogP contribution is 2.32. The Labute approximate surface area is 180 Å². The lowest BCUT2D eigenvalue weighted by molar-refractivity contribution is -0.139. The number of alkyl halides is 3. The summed E-state index contributed by atoms with van der Waals surface area (Å²) in [6, 6.07) is 14.6. The van der Waals surface area contributed by atoms with E-state index in [-0.39, 0.29) is 29.8 Å². The van der Waals surface area contributed by atoms with Gasteiger partial charge >= 0.3 is 12.2 Å². The number of nitrogens with one attached hydrogen (secondary N) is 1. The fourth-order valence-electron chi connectivity index (χ4n) is 2.65. The molecule has 30 heavy (non-hydrogen) atoms. The van der Waals surface area contributed by atoms with Crippen molar-refractivity contribution in [3.8, 4) is 0 Å². The highest BCUT2D eigenvalue weighted by atomic mass is 35.5. The second kappa shape index (κ2) is 10.2. The van der Waals surface area contributed by atoms with Gasteiger partial charge in [-0.2, -0.15) is 13.2 Å². The average Bonchev–Trinajstić information content (AvgIpc) is 2.59. The second-order valence-electron chi connectivity index (χ2n) is 7.97. The third-order valence-electron chi connectivity index (χ3n) is 4.15. The number of likely N-dealkylation sites (tertiary alicyclic amines) is 1. The van der Waals surface area contributed by atoms with Gasteiger partial charge in [-0.15, -0.1) is 0 Å². The van der Waals surface area contributed by atoms with Gasteiger partial charge in [-0.05, 0) is 44.5 Å². The van der Waals surface area contributed by atoms with Crippen molar-refractivity contribution in [1.82, 2.24) is 10.2 Å². The summed E-state index contributed by atoms with van der Waals surface area (Å²) in [6.45, 7) is 6.30. The van der Waals surface area contributed by atoms with Crippen LogP contribution in [0.1, 0.15) is 31.9 Å². The molecule has 0 spiro atoms. The molecule has 1 aliphatic rings. The first-order valence-corrected chi connectivity index (χ1v) is 9.88. The normalized spacial score (nSPS) is 14.4. The predicted molar refractivity (Wildman–Crippen MR) is 111 cm³/mol. The SMILES string of the molecule is CC(C)(C)NC(=O)N1CC(OCc2ccccc2C(F)(F)F)C1.Clc1ccccc1. The number of carbonyl (C=O) groups is 1. The number of halogens is 4. The topological polar surface area (TPSA) is 41.6 Å². The number of ether oxygens (including phenoxy) is 1. The molecule has 4 nitrogen and oxygen atoms in total. The number of hydrogen-bond acceptors (Lipinski definition) is 2. The molecule has 0 unspecified atom stereocenters. The predicted octanol–water partition coefficient (Wildman–Crippen LogP) is 5.75. The fraction of sp³-hybridized carbons (Fsp3) is 0.409. The number of amides is 2. The summed E-state index contributed by atoms with van der Waals surface area (Å²) in [6.07, 6.45) is -4.62. The highest BCUT2D eigenvalue weighted by molar-refractivity contribution is 6.30. The van der Waals surface area contributed by atoms with E-state index in [4.69, 9.17) is 16.3 Å². The lowest BCUT2D eigenvalue weighted by Gasteiger charge is -2.40. The summed E-state index contributed by atoms with van der Waals surface area (Å²) in [5, 5.41) is 3.62. The Balaban J connectivity index is 0.000000386. The third-order valence-corrected chi connectivity index (χ3v) is 4.40. The Kier molecular flexibility index (Phi) is 8.15. The number of rotatable bonds is 3. The minimum atomic E-state index is -4.39. The van der Waals surface area contributed by atoms with Crippen molar-refractivity contribution in [2.75, 3.05) is 13.1 Å². The zero-order valence-electron chi connectivity index (χ0n) is 17.2. The molecule has 0 saturated carbocycles. The van der Waals surface area contributed by atoms with Gasteiger partial charge in [-0.3, -0.25) is 0 Å². The van der Waals surface area contributed by atoms with Crippen LogP contribution in [0.4, 0.5) is 18.0 Å². The molecule has 0 aromatic heterocycles. The summed E-state index contributed by atoms with van der Waals surface area (Å²) < 4.78 is 44.1. The van der Waals surface area contributed by atoms with Crippen molar-refractivity contribution >= 4 is 17.6 Å². The van der Waals surface area contributed by atoms with Gasteiger partial charge in [0.05, 0.1) is 31.4 Å². The summed E-state index contributed by atoms with van der Waals surface area (Å²) in [7, 11) is 0. The molecule has 0 aliphatic carbocycles. The van der Waals surface area contributed by atoms with Gasteiger partial charge in [0.2, 0.25) is 0 Å². The Bertz CT molecular complexity index is 817. The fourth-order valence-corrected chi connectivity index (χ4v) is 2.80. The number of hydrogen-bond donors (Lipinski definition) is 1. The van der Waals surface area contributed by atoms with Crippen molar-refractivity contribution in [2.24, 2.45) is 0 Å². The van der Waals surface area contributed by atoms with E-state index in [1.165, 1.54) is 12.1 Å². The summed E-state index contributed by atoms with van der Waals surface area (Å²) in [5.74, 6) is 0. The van der Waals surface area contributed by atoms with Gasteiger partial charge in [0, 0.05) is 10.6 Å². The lowest BCUT2D eigenvalue weighted by Crippen LogP contribution is -2.60. The smallest absolute Gasteiger partial charge is 0.370 e. The van der Waals surface area contributed by atoms with E-state index in [9.17, 15) is 18.0 Å². The molecule has 2 aromatic rings. The maximum absolute atomic E-state index is 12.9. The summed E-state index contributed by atoms with van der Waals surface area (Å²) >= 11 is 5.54. The minimum absolute atomic E-state index is 0.109. The maximum atomic E-state index is 12.9. The molecule has 0 radical (unpaired) electrons. The third kappa shape index (κ3) is 7.88. The second-order valence-corrected chi connectivity index (χ2v) is 8.41. The van der Waals surface area contributed by atoms with Crippen LogP contribution in [0, 0.1) is 0 Å². The first-order valence-electron chi connectivity index (χ1n) is 9.50. The Hall–Kier alpha value is -2.25. The number of nitrogens with zero attached hydrogens (tertiary/aromatic N) is 1. The van der Waals surface area contributed by atoms with Gasteiger partial charge in [-0.1, -0.05) is 48.0 Å². The molecular formula is C22H26ClF3N2O2. The largest absolute Gasteiger partial charge is 0.416 e. The maximum Gasteiger partial charge on any atom is 0.416 e. The summed E-state index contributed by atoms with van der Waals surface area (Å²) in [4.78, 5) is 13.4. The van der Waals surface area contributed by atoms with E-state index in [0.29, 0.717) is 13.1 Å². The first kappa shape index (κ1) is 24.0. The van der Waals surface area contributed by atoms with Crippen molar-refractivity contribution in [2.45, 2.75) is 45.2 Å². The van der Waals surface area contributed by atoms with E-state index in [1.54, 1.807) is 11.0 Å². The van der Waals surface area contributed by atoms with Crippen molar-refractivity contribution < 1.29 is 22.7 Å². The first-order chi connectivity index (χ1) is 14.0. The number of benzene rings is 2. The zero-order valence-corrected chi connectivity index (χ0v) is 17.9. The molecule has 2 aromatic carbocycles. The molecule has 8 heteroatoms. The zero-order chi connectivity index (χ0) is 22.4. The molecule has 3 rings (SSSR count). The van der Waals surface area contributed by atoms with Gasteiger partial charge in [0.1, 0.15) is 0 Å². The quantitative estimate of drug-likeness (QED) is 0.657. The van der Waals surface area contributed by atoms with Crippen LogP contribution >= 0.6 is 11.6 Å². The van der Waals surface area contributed by atoms with Crippen molar-refractivity contribution in [3.63, 3.8) is 0 Å². The van der Waals surface area contributed by atoms with Crippen LogP contribution in [0.3, 0.4) is 0 Å². The monoisotopic (exact) mass is 442 g/mol. The van der Waals surface area contributed by atoms with E-state index < -0.39 is 11.7 Å². The molecule has 164 valence electrons. The van der Waals surface area contributed by atoms with E-state index >= 15 is 0 Å². The number of urea groups is 1. The molecular weight excluding hydrogens is 417 g/mol. The van der Waals surface area contributed by atoms with Gasteiger partial charge in [-0.25, -0.2) is 4.79 Å². The molecule has 1 aliphatic heterocycles. The van der Waals surface area contributed by atoms with Gasteiger partial charge < -0.3 is 15.0 Å². The van der Waals surface area contributed by atoms with Crippen LogP contribution in [0.2, 0.25) is 5.02 Å².